The van der Waals surface area contributed by atoms with E-state index in [-0.39, 0.29) is 4.90 Å². The van der Waals surface area contributed by atoms with Crippen molar-refractivity contribution in [1.82, 2.24) is 4.72 Å². The second kappa shape index (κ2) is 4.80. The summed E-state index contributed by atoms with van der Waals surface area (Å²) < 4.78 is 27.2. The number of rotatable bonds is 6. The molecule has 2 aliphatic rings. The molecule has 0 amide bonds. The monoisotopic (exact) mass is 280 g/mol. The minimum absolute atomic E-state index is 0.262. The quantitative estimate of drug-likeness (QED) is 0.783. The predicted molar refractivity (Wildman–Crippen MR) is 75.0 cm³/mol. The average molecular weight is 280 g/mol. The lowest BCUT2D eigenvalue weighted by molar-refractivity contribution is 0.401. The highest BCUT2D eigenvalue weighted by atomic mass is 32.2. The number of nitrogen functional groups attached to an aromatic ring is 1. The molecule has 104 valence electrons. The molecule has 0 bridgehead atoms. The SMILES string of the molecule is Nc1cccc(S(=O)(=O)NCC(C2CC2)C2CC2)c1. The first kappa shape index (κ1) is 12.9. The molecule has 2 aliphatic carbocycles. The van der Waals surface area contributed by atoms with Gasteiger partial charge in [-0.15, -0.1) is 0 Å². The molecule has 1 aromatic carbocycles. The maximum absolute atomic E-state index is 12.2. The summed E-state index contributed by atoms with van der Waals surface area (Å²) in [6.07, 6.45) is 5.06. The van der Waals surface area contributed by atoms with Crippen LogP contribution in [0.3, 0.4) is 0 Å². The Labute approximate surface area is 114 Å². The molecule has 0 radical (unpaired) electrons. The summed E-state index contributed by atoms with van der Waals surface area (Å²) >= 11 is 0. The number of sulfonamides is 1. The van der Waals surface area contributed by atoms with Gasteiger partial charge in [-0.2, -0.15) is 0 Å². The highest BCUT2D eigenvalue weighted by Gasteiger charge is 2.41. The van der Waals surface area contributed by atoms with Crippen molar-refractivity contribution in [2.24, 2.45) is 17.8 Å². The first-order valence-electron chi connectivity index (χ1n) is 6.91. The Morgan fingerprint density at radius 3 is 2.37 bits per heavy atom. The molecule has 0 saturated heterocycles. The number of nitrogens with two attached hydrogens (primary N) is 1. The van der Waals surface area contributed by atoms with Crippen molar-refractivity contribution >= 4 is 15.7 Å². The van der Waals surface area contributed by atoms with E-state index in [9.17, 15) is 8.42 Å². The normalized spacial score (nSPS) is 19.8. The lowest BCUT2D eigenvalue weighted by Crippen LogP contribution is -2.31. The Hall–Kier alpha value is -1.07. The number of nitrogens with one attached hydrogen (secondary N) is 1. The molecule has 3 N–H and O–H groups in total. The second-order valence-corrected chi connectivity index (χ2v) is 7.53. The molecule has 0 heterocycles. The number of benzene rings is 1. The van der Waals surface area contributed by atoms with Gasteiger partial charge in [-0.25, -0.2) is 13.1 Å². The summed E-state index contributed by atoms with van der Waals surface area (Å²) in [6.45, 7) is 0.576. The van der Waals surface area contributed by atoms with Crippen LogP contribution in [0.25, 0.3) is 0 Å². The summed E-state index contributed by atoms with van der Waals surface area (Å²) in [5, 5.41) is 0. The van der Waals surface area contributed by atoms with Gasteiger partial charge in [0.25, 0.3) is 0 Å². The Bertz CT molecular complexity index is 551. The van der Waals surface area contributed by atoms with Crippen LogP contribution in [-0.2, 0) is 10.0 Å². The lowest BCUT2D eigenvalue weighted by atomic mass is 9.99. The van der Waals surface area contributed by atoms with Crippen LogP contribution in [0.4, 0.5) is 5.69 Å². The molecular formula is C14H20N2O2S. The Morgan fingerprint density at radius 1 is 1.21 bits per heavy atom. The first-order valence-corrected chi connectivity index (χ1v) is 8.40. The zero-order valence-corrected chi connectivity index (χ0v) is 11.7. The third kappa shape index (κ3) is 3.09. The Kier molecular flexibility index (Phi) is 3.27. The summed E-state index contributed by atoms with van der Waals surface area (Å²) in [6, 6.07) is 6.45. The van der Waals surface area contributed by atoms with Gasteiger partial charge in [0.05, 0.1) is 4.90 Å². The fourth-order valence-corrected chi connectivity index (χ4v) is 3.87. The van der Waals surface area contributed by atoms with Gasteiger partial charge in [0.2, 0.25) is 10.0 Å². The molecule has 0 aliphatic heterocycles. The number of hydrogen-bond donors (Lipinski definition) is 2. The van der Waals surface area contributed by atoms with Crippen LogP contribution in [0.2, 0.25) is 0 Å². The minimum atomic E-state index is -3.42. The van der Waals surface area contributed by atoms with E-state index in [0.29, 0.717) is 18.2 Å². The molecular weight excluding hydrogens is 260 g/mol. The molecule has 2 saturated carbocycles. The Balaban J connectivity index is 1.67. The van der Waals surface area contributed by atoms with Crippen molar-refractivity contribution in [3.63, 3.8) is 0 Å². The Morgan fingerprint density at radius 2 is 1.84 bits per heavy atom. The maximum Gasteiger partial charge on any atom is 0.240 e. The fourth-order valence-electron chi connectivity index (χ4n) is 2.74. The van der Waals surface area contributed by atoms with Gasteiger partial charge < -0.3 is 5.73 Å². The molecule has 0 spiro atoms. The summed E-state index contributed by atoms with van der Waals surface area (Å²) in [4.78, 5) is 0.262. The maximum atomic E-state index is 12.2. The van der Waals surface area contributed by atoms with Gasteiger partial charge >= 0.3 is 0 Å². The number of hydrogen-bond acceptors (Lipinski definition) is 3. The van der Waals surface area contributed by atoms with Crippen LogP contribution in [0.1, 0.15) is 25.7 Å². The standard InChI is InChI=1S/C14H20N2O2S/c15-12-2-1-3-13(8-12)19(17,18)16-9-14(10-4-5-10)11-6-7-11/h1-3,8,10-11,14,16H,4-7,9,15H2. The van der Waals surface area contributed by atoms with E-state index in [1.165, 1.54) is 31.7 Å². The van der Waals surface area contributed by atoms with Gasteiger partial charge in [-0.3, -0.25) is 0 Å². The van der Waals surface area contributed by atoms with Crippen molar-refractivity contribution in [3.05, 3.63) is 24.3 Å². The molecule has 0 unspecified atom stereocenters. The molecule has 3 rings (SSSR count). The molecule has 1 aromatic rings. The van der Waals surface area contributed by atoms with Gasteiger partial charge in [-0.1, -0.05) is 6.07 Å². The molecule has 4 nitrogen and oxygen atoms in total. The second-order valence-electron chi connectivity index (χ2n) is 5.76. The van der Waals surface area contributed by atoms with Crippen LogP contribution < -0.4 is 10.5 Å². The molecule has 2 fully saturated rings. The smallest absolute Gasteiger partial charge is 0.240 e. The van der Waals surface area contributed by atoms with E-state index in [0.717, 1.165) is 11.8 Å². The van der Waals surface area contributed by atoms with Crippen LogP contribution in [0.5, 0.6) is 0 Å². The van der Waals surface area contributed by atoms with Gasteiger partial charge in [-0.05, 0) is 61.6 Å². The van der Waals surface area contributed by atoms with Crippen molar-refractivity contribution in [2.45, 2.75) is 30.6 Å². The lowest BCUT2D eigenvalue weighted by Gasteiger charge is -2.16. The summed E-state index contributed by atoms with van der Waals surface area (Å²) in [5.41, 5.74) is 6.11. The van der Waals surface area contributed by atoms with Crippen LogP contribution in [0, 0.1) is 17.8 Å². The van der Waals surface area contributed by atoms with E-state index in [1.54, 1.807) is 18.2 Å². The minimum Gasteiger partial charge on any atom is -0.399 e. The van der Waals surface area contributed by atoms with E-state index in [1.807, 2.05) is 0 Å². The highest BCUT2D eigenvalue weighted by Crippen LogP contribution is 2.48. The van der Waals surface area contributed by atoms with Crippen LogP contribution >= 0.6 is 0 Å². The fraction of sp³-hybridized carbons (Fsp3) is 0.571. The third-order valence-electron chi connectivity index (χ3n) is 4.13. The van der Waals surface area contributed by atoms with Crippen molar-refractivity contribution in [2.75, 3.05) is 12.3 Å². The van der Waals surface area contributed by atoms with Crippen molar-refractivity contribution in [3.8, 4) is 0 Å². The zero-order chi connectivity index (χ0) is 13.5. The predicted octanol–water partition coefficient (Wildman–Crippen LogP) is 1.98. The van der Waals surface area contributed by atoms with E-state index in [2.05, 4.69) is 4.72 Å². The van der Waals surface area contributed by atoms with E-state index in [4.69, 9.17) is 5.73 Å². The van der Waals surface area contributed by atoms with Gasteiger partial charge in [0.15, 0.2) is 0 Å². The highest BCUT2D eigenvalue weighted by molar-refractivity contribution is 7.89. The zero-order valence-electron chi connectivity index (χ0n) is 10.9. The molecule has 5 heteroatoms. The summed E-state index contributed by atoms with van der Waals surface area (Å²) in [5.74, 6) is 2.03. The van der Waals surface area contributed by atoms with Crippen molar-refractivity contribution in [1.29, 1.82) is 0 Å². The van der Waals surface area contributed by atoms with E-state index >= 15 is 0 Å². The first-order chi connectivity index (χ1) is 9.06. The molecule has 0 aromatic heterocycles. The average Bonchev–Trinajstić information content (AvgIpc) is 3.23. The molecule has 0 atom stereocenters. The third-order valence-corrected chi connectivity index (χ3v) is 5.55. The molecule has 19 heavy (non-hydrogen) atoms. The van der Waals surface area contributed by atoms with E-state index < -0.39 is 10.0 Å². The largest absolute Gasteiger partial charge is 0.399 e. The van der Waals surface area contributed by atoms with Gasteiger partial charge in [0.1, 0.15) is 0 Å². The van der Waals surface area contributed by atoms with Crippen molar-refractivity contribution < 1.29 is 8.42 Å². The van der Waals surface area contributed by atoms with Crippen LogP contribution in [-0.4, -0.2) is 15.0 Å². The number of anilines is 1. The van der Waals surface area contributed by atoms with Crippen LogP contribution in [0.15, 0.2) is 29.2 Å². The van der Waals surface area contributed by atoms with Gasteiger partial charge in [0, 0.05) is 12.2 Å². The topological polar surface area (TPSA) is 72.2 Å². The summed E-state index contributed by atoms with van der Waals surface area (Å²) in [7, 11) is -3.42.